The maximum absolute atomic E-state index is 12.2. The molecule has 42 heavy (non-hydrogen) atoms. The zero-order valence-corrected chi connectivity index (χ0v) is 25.3. The number of aliphatic hydroxyl groups is 2. The minimum atomic E-state index is -0.654. The number of ether oxygens (including phenoxy) is 1. The first-order chi connectivity index (χ1) is 20.0. The summed E-state index contributed by atoms with van der Waals surface area (Å²) in [7, 11) is 1.41. The third kappa shape index (κ3) is 4.31. The quantitative estimate of drug-likeness (QED) is 0.286. The van der Waals surface area contributed by atoms with Gasteiger partial charge in [0.25, 0.3) is 0 Å². The number of hydrogen-bond donors (Lipinski definition) is 3. The second-order valence-corrected chi connectivity index (χ2v) is 11.8. The number of allylic oxidation sites excluding steroid dienone is 11. The molecule has 6 aliphatic rings. The lowest BCUT2D eigenvalue weighted by atomic mass is 9.86. The van der Waals surface area contributed by atoms with Gasteiger partial charge in [0, 0.05) is 52.8 Å². The van der Waals surface area contributed by atoms with Gasteiger partial charge >= 0.3 is 5.97 Å². The van der Waals surface area contributed by atoms with Crippen molar-refractivity contribution in [2.45, 2.75) is 73.3 Å². The topological polar surface area (TPSA) is 116 Å². The highest BCUT2D eigenvalue weighted by molar-refractivity contribution is 6.21. The van der Waals surface area contributed by atoms with Crippen LogP contribution in [0.2, 0.25) is 0 Å². The zero-order chi connectivity index (χ0) is 30.0. The van der Waals surface area contributed by atoms with Gasteiger partial charge in [-0.1, -0.05) is 13.8 Å². The van der Waals surface area contributed by atoms with Gasteiger partial charge in [0.15, 0.2) is 0 Å². The second-order valence-electron chi connectivity index (χ2n) is 11.8. The fourth-order valence-corrected chi connectivity index (χ4v) is 7.08. The van der Waals surface area contributed by atoms with E-state index in [2.05, 4.69) is 32.2 Å². The number of carbonyl (C=O) groups excluding carboxylic acids is 1. The molecule has 5 aliphatic heterocycles. The van der Waals surface area contributed by atoms with E-state index in [1.807, 2.05) is 26.0 Å². The van der Waals surface area contributed by atoms with Gasteiger partial charge in [0.1, 0.15) is 0 Å². The van der Waals surface area contributed by atoms with Crippen molar-refractivity contribution < 1.29 is 19.7 Å². The Morgan fingerprint density at radius 1 is 1.05 bits per heavy atom. The Morgan fingerprint density at radius 2 is 1.76 bits per heavy atom. The normalized spacial score (nSPS) is 27.7. The van der Waals surface area contributed by atoms with Crippen LogP contribution in [0.5, 0.6) is 0 Å². The van der Waals surface area contributed by atoms with Crippen molar-refractivity contribution in [1.29, 1.82) is 0 Å². The van der Waals surface area contributed by atoms with Crippen molar-refractivity contribution in [3.63, 3.8) is 0 Å². The molecular formula is C34H38N4O4. The molecule has 0 amide bonds. The fraction of sp³-hybridized carbons (Fsp3) is 0.412. The number of methoxy groups -OCH3 is 1. The molecule has 0 aromatic heterocycles. The average Bonchev–Trinajstić information content (AvgIpc) is 3.70. The van der Waals surface area contributed by atoms with Gasteiger partial charge in [-0.15, -0.1) is 0 Å². The highest BCUT2D eigenvalue weighted by Crippen LogP contribution is 2.46. The Labute approximate surface area is 246 Å². The Kier molecular flexibility index (Phi) is 6.92. The molecule has 8 heteroatoms. The molecule has 8 bridgehead atoms. The summed E-state index contributed by atoms with van der Waals surface area (Å²) in [5.74, 6) is 0.0201. The van der Waals surface area contributed by atoms with Gasteiger partial charge < -0.3 is 20.3 Å². The smallest absolute Gasteiger partial charge is 0.305 e. The molecule has 0 unspecified atom stereocenters. The first-order valence-electron chi connectivity index (χ1n) is 14.7. The molecule has 1 saturated carbocycles. The van der Waals surface area contributed by atoms with Crippen LogP contribution in [0, 0.1) is 11.8 Å². The van der Waals surface area contributed by atoms with Crippen LogP contribution >= 0.6 is 0 Å². The molecule has 3 N–H and O–H groups in total. The van der Waals surface area contributed by atoms with E-state index in [0.29, 0.717) is 30.5 Å². The number of nitrogens with one attached hydrogen (secondary N) is 1. The van der Waals surface area contributed by atoms with Crippen LogP contribution in [0.1, 0.15) is 67.2 Å². The van der Waals surface area contributed by atoms with E-state index < -0.39 is 6.10 Å². The molecule has 0 spiro atoms. The number of esters is 1. The minimum Gasteiger partial charge on any atom is -0.512 e. The number of fused-ring (bicyclic) bond motifs is 5. The Bertz CT molecular complexity index is 1680. The van der Waals surface area contributed by atoms with Crippen LogP contribution in [0.15, 0.2) is 106 Å². The summed E-state index contributed by atoms with van der Waals surface area (Å²) in [6, 6.07) is 0. The minimum absolute atomic E-state index is 0.00347. The monoisotopic (exact) mass is 566 g/mol. The second kappa shape index (κ2) is 10.3. The lowest BCUT2D eigenvalue weighted by molar-refractivity contribution is -0.140. The third-order valence-electron chi connectivity index (χ3n) is 9.45. The fourth-order valence-electron chi connectivity index (χ4n) is 7.08. The van der Waals surface area contributed by atoms with E-state index in [-0.39, 0.29) is 23.6 Å². The van der Waals surface area contributed by atoms with Crippen molar-refractivity contribution >= 4 is 23.1 Å². The van der Waals surface area contributed by atoms with Gasteiger partial charge in [-0.2, -0.15) is 0 Å². The van der Waals surface area contributed by atoms with Crippen molar-refractivity contribution in [1.82, 2.24) is 5.32 Å². The Morgan fingerprint density at radius 3 is 2.45 bits per heavy atom. The van der Waals surface area contributed by atoms with E-state index in [1.165, 1.54) is 7.11 Å². The molecule has 8 nitrogen and oxygen atoms in total. The molecule has 1 aliphatic carbocycles. The highest BCUT2D eigenvalue weighted by atomic mass is 16.5. The Hall–Kier alpha value is -4.04. The summed E-state index contributed by atoms with van der Waals surface area (Å²) in [5, 5.41) is 25.7. The van der Waals surface area contributed by atoms with Crippen molar-refractivity contribution in [2.75, 3.05) is 7.11 Å². The summed E-state index contributed by atoms with van der Waals surface area (Å²) >= 11 is 0. The van der Waals surface area contributed by atoms with Crippen molar-refractivity contribution in [2.24, 2.45) is 26.8 Å². The predicted molar refractivity (Wildman–Crippen MR) is 165 cm³/mol. The molecular weight excluding hydrogens is 528 g/mol. The van der Waals surface area contributed by atoms with E-state index in [0.717, 1.165) is 79.8 Å². The summed E-state index contributed by atoms with van der Waals surface area (Å²) in [6.07, 6.45) is 7.55. The van der Waals surface area contributed by atoms with Gasteiger partial charge in [-0.3, -0.25) is 4.79 Å². The standard InChI is InChI=1S/C34H38N4O4/c1-8-20-15(2)23-14-28-31(19(6)39)17(4)25(36-28)12-24-16(3)21(9-10-30(41)42-7)33(37-24)22-11-29(40)32-18(5)26(38-34(22)32)13-27(20)35-23/h12-14,16,21,29,37,39-40H,8-11H2,1-7H3/b23-14?,24-12?,26-13?,31-19+,33-22?/t16-,21-,29+/m0/s1. The van der Waals surface area contributed by atoms with Gasteiger partial charge in [0.2, 0.25) is 0 Å². The third-order valence-corrected chi connectivity index (χ3v) is 9.45. The van der Waals surface area contributed by atoms with Gasteiger partial charge in [-0.05, 0) is 81.1 Å². The van der Waals surface area contributed by atoms with Gasteiger partial charge in [-0.25, -0.2) is 15.0 Å². The average molecular weight is 567 g/mol. The van der Waals surface area contributed by atoms with Crippen LogP contribution in [-0.4, -0.2) is 46.5 Å². The van der Waals surface area contributed by atoms with E-state index in [1.54, 1.807) is 6.92 Å². The molecule has 2 fully saturated rings. The number of hydrogen-bond acceptors (Lipinski definition) is 8. The molecule has 218 valence electrons. The maximum atomic E-state index is 12.2. The molecule has 5 heterocycles. The predicted octanol–water partition coefficient (Wildman–Crippen LogP) is 5.99. The van der Waals surface area contributed by atoms with E-state index in [9.17, 15) is 15.0 Å². The lowest BCUT2D eigenvalue weighted by Gasteiger charge is -2.17. The molecule has 0 aromatic carbocycles. The molecule has 3 atom stereocenters. The number of carbonyl (C=O) groups is 1. The number of rotatable bonds is 4. The summed E-state index contributed by atoms with van der Waals surface area (Å²) < 4.78 is 4.97. The van der Waals surface area contributed by atoms with Crippen LogP contribution in [-0.2, 0) is 9.53 Å². The van der Waals surface area contributed by atoms with Crippen LogP contribution in [0.4, 0.5) is 0 Å². The molecule has 0 aromatic rings. The zero-order valence-electron chi connectivity index (χ0n) is 25.3. The summed E-state index contributed by atoms with van der Waals surface area (Å²) in [6.45, 7) is 12.0. The van der Waals surface area contributed by atoms with Crippen LogP contribution in [0.3, 0.4) is 0 Å². The highest BCUT2D eigenvalue weighted by Gasteiger charge is 2.43. The molecule has 6 rings (SSSR count). The first-order valence-corrected chi connectivity index (χ1v) is 14.7. The summed E-state index contributed by atoms with van der Waals surface area (Å²) in [4.78, 5) is 27.3. The summed E-state index contributed by atoms with van der Waals surface area (Å²) in [5.41, 5.74) is 13.4. The van der Waals surface area contributed by atoms with Gasteiger partial charge in [0.05, 0.1) is 53.2 Å². The van der Waals surface area contributed by atoms with Crippen molar-refractivity contribution in [3.8, 4) is 0 Å². The van der Waals surface area contributed by atoms with Crippen molar-refractivity contribution in [3.05, 3.63) is 91.5 Å². The molecule has 0 radical (unpaired) electrons. The lowest BCUT2D eigenvalue weighted by Crippen LogP contribution is -2.15. The van der Waals surface area contributed by atoms with Crippen LogP contribution < -0.4 is 5.32 Å². The first kappa shape index (κ1) is 28.1. The number of nitrogens with zero attached hydrogens (tertiary/aromatic N) is 3. The SMILES string of the molecule is CCC1=C(C)C2=CC3=NC(=C(C)/C3=C(/C)O)C=C3NC(=C4C[C@@H](O)C5=C(C)C(=CC1=N2)N=C45)[C@@H](CCC(=O)OC)[C@@H]3C. The Balaban J connectivity index is 1.61. The van der Waals surface area contributed by atoms with Crippen LogP contribution in [0.25, 0.3) is 0 Å². The van der Waals surface area contributed by atoms with E-state index >= 15 is 0 Å². The number of aliphatic hydroxyl groups excluding tert-OH is 2. The number of aliphatic imine (C=N–C) groups is 3. The maximum Gasteiger partial charge on any atom is 0.305 e. The van der Waals surface area contributed by atoms with E-state index in [4.69, 9.17) is 19.7 Å². The molecule has 1 saturated heterocycles. The largest absolute Gasteiger partial charge is 0.512 e.